The molecule has 1 heterocycles. The van der Waals surface area contributed by atoms with Gasteiger partial charge in [-0.15, -0.1) is 0 Å². The highest BCUT2D eigenvalue weighted by Crippen LogP contribution is 2.25. The molecule has 0 saturated heterocycles. The van der Waals surface area contributed by atoms with Gasteiger partial charge in [0.1, 0.15) is 18.2 Å². The van der Waals surface area contributed by atoms with Gasteiger partial charge in [-0.25, -0.2) is 4.98 Å². The molecule has 0 saturated carbocycles. The molecule has 1 atom stereocenters. The van der Waals surface area contributed by atoms with E-state index in [1.54, 1.807) is 12.3 Å². The van der Waals surface area contributed by atoms with Gasteiger partial charge in [-0.3, -0.25) is 4.79 Å². The molecule has 0 N–H and O–H groups in total. The van der Waals surface area contributed by atoms with Gasteiger partial charge in [-0.05, 0) is 48.9 Å². The van der Waals surface area contributed by atoms with Crippen LogP contribution in [0.4, 0.5) is 0 Å². The standard InChI is InChI=1S/C26H22Br2ClN3O2/c1-3-16(2)25-31-23-10-8-20(28)13-21(23)26(33)32(25)30-14-18-12-19(27)9-11-24(18)34-15-17-6-4-5-7-22(17)29/h4-14,16H,3,15H2,1-2H3/t16-/m0/s1. The van der Waals surface area contributed by atoms with Crippen LogP contribution in [0.3, 0.4) is 0 Å². The molecule has 0 spiro atoms. The topological polar surface area (TPSA) is 56.5 Å². The molecule has 174 valence electrons. The molecule has 4 aromatic rings. The smallest absolute Gasteiger partial charge is 0.282 e. The molecular weight excluding hydrogens is 582 g/mol. The molecule has 4 rings (SSSR count). The van der Waals surface area contributed by atoms with Crippen molar-refractivity contribution in [1.82, 2.24) is 9.66 Å². The van der Waals surface area contributed by atoms with E-state index < -0.39 is 0 Å². The molecule has 8 heteroatoms. The van der Waals surface area contributed by atoms with Crippen molar-refractivity contribution in [2.45, 2.75) is 32.8 Å². The molecule has 0 amide bonds. The summed E-state index contributed by atoms with van der Waals surface area (Å²) in [5.41, 5.74) is 2.04. The summed E-state index contributed by atoms with van der Waals surface area (Å²) in [5, 5.41) is 5.72. The molecular formula is C26H22Br2ClN3O2. The summed E-state index contributed by atoms with van der Waals surface area (Å²) in [7, 11) is 0. The van der Waals surface area contributed by atoms with Gasteiger partial charge in [0, 0.05) is 31.0 Å². The highest BCUT2D eigenvalue weighted by atomic mass is 79.9. The highest BCUT2D eigenvalue weighted by Gasteiger charge is 2.16. The van der Waals surface area contributed by atoms with Crippen LogP contribution >= 0.6 is 43.5 Å². The lowest BCUT2D eigenvalue weighted by atomic mass is 10.1. The van der Waals surface area contributed by atoms with Crippen LogP contribution in [0.25, 0.3) is 10.9 Å². The number of aromatic nitrogens is 2. The first-order valence-corrected chi connectivity index (χ1v) is 12.8. The summed E-state index contributed by atoms with van der Waals surface area (Å²) in [4.78, 5) is 18.1. The zero-order valence-electron chi connectivity index (χ0n) is 18.6. The Morgan fingerprint density at radius 1 is 1.12 bits per heavy atom. The maximum absolute atomic E-state index is 13.4. The monoisotopic (exact) mass is 601 g/mol. The van der Waals surface area contributed by atoms with Crippen LogP contribution in [-0.4, -0.2) is 15.9 Å². The van der Waals surface area contributed by atoms with Crippen LogP contribution < -0.4 is 10.3 Å². The Hall–Kier alpha value is -2.48. The Morgan fingerprint density at radius 2 is 1.85 bits per heavy atom. The second-order valence-corrected chi connectivity index (χ2v) is 10.1. The Labute approximate surface area is 219 Å². The van der Waals surface area contributed by atoms with Gasteiger partial charge in [0.15, 0.2) is 0 Å². The third-order valence-electron chi connectivity index (χ3n) is 5.51. The summed E-state index contributed by atoms with van der Waals surface area (Å²) < 4.78 is 9.13. The molecule has 0 bridgehead atoms. The van der Waals surface area contributed by atoms with Gasteiger partial charge in [-0.1, -0.05) is 75.5 Å². The van der Waals surface area contributed by atoms with Gasteiger partial charge in [0.2, 0.25) is 0 Å². The molecule has 0 aliphatic carbocycles. The number of ether oxygens (including phenoxy) is 1. The first-order valence-electron chi connectivity index (χ1n) is 10.8. The lowest BCUT2D eigenvalue weighted by Gasteiger charge is -2.14. The predicted molar refractivity (Wildman–Crippen MR) is 145 cm³/mol. The summed E-state index contributed by atoms with van der Waals surface area (Å²) in [6, 6.07) is 18.7. The van der Waals surface area contributed by atoms with Crippen LogP contribution in [0.1, 0.15) is 43.1 Å². The summed E-state index contributed by atoms with van der Waals surface area (Å²) in [6.07, 6.45) is 2.46. The van der Waals surface area contributed by atoms with Gasteiger partial charge < -0.3 is 4.74 Å². The quantitative estimate of drug-likeness (QED) is 0.205. The lowest BCUT2D eigenvalue weighted by molar-refractivity contribution is 0.306. The molecule has 3 aromatic carbocycles. The highest BCUT2D eigenvalue weighted by molar-refractivity contribution is 9.10. The summed E-state index contributed by atoms with van der Waals surface area (Å²) >= 11 is 13.2. The van der Waals surface area contributed by atoms with Crippen LogP contribution in [0.5, 0.6) is 5.75 Å². The van der Waals surface area contributed by atoms with Crippen molar-refractivity contribution < 1.29 is 4.74 Å². The zero-order valence-corrected chi connectivity index (χ0v) is 22.6. The molecule has 0 radical (unpaired) electrons. The second kappa shape index (κ2) is 10.8. The van der Waals surface area contributed by atoms with Crippen LogP contribution in [0.2, 0.25) is 5.02 Å². The summed E-state index contributed by atoms with van der Waals surface area (Å²) in [6.45, 7) is 4.41. The van der Waals surface area contributed by atoms with Gasteiger partial charge in [0.25, 0.3) is 5.56 Å². The van der Waals surface area contributed by atoms with Crippen molar-refractivity contribution >= 4 is 60.6 Å². The van der Waals surface area contributed by atoms with E-state index in [0.29, 0.717) is 34.1 Å². The minimum absolute atomic E-state index is 0.0522. The Bertz CT molecular complexity index is 1440. The van der Waals surface area contributed by atoms with Crippen molar-refractivity contribution in [2.24, 2.45) is 5.10 Å². The van der Waals surface area contributed by atoms with Gasteiger partial charge >= 0.3 is 0 Å². The second-order valence-electron chi connectivity index (χ2n) is 7.86. The van der Waals surface area contributed by atoms with Crippen LogP contribution in [-0.2, 0) is 6.61 Å². The van der Waals surface area contributed by atoms with E-state index in [9.17, 15) is 4.79 Å². The van der Waals surface area contributed by atoms with Crippen molar-refractivity contribution in [3.63, 3.8) is 0 Å². The molecule has 1 aromatic heterocycles. The summed E-state index contributed by atoms with van der Waals surface area (Å²) in [5.74, 6) is 1.30. The fourth-order valence-electron chi connectivity index (χ4n) is 3.42. The Morgan fingerprint density at radius 3 is 2.62 bits per heavy atom. The minimum Gasteiger partial charge on any atom is -0.488 e. The van der Waals surface area contributed by atoms with Gasteiger partial charge in [0.05, 0.1) is 17.1 Å². The van der Waals surface area contributed by atoms with E-state index in [1.807, 2.05) is 61.5 Å². The third kappa shape index (κ3) is 5.43. The zero-order chi connectivity index (χ0) is 24.2. The average molecular weight is 604 g/mol. The van der Waals surface area contributed by atoms with Crippen LogP contribution in [0.15, 0.2) is 79.5 Å². The first-order chi connectivity index (χ1) is 16.4. The Kier molecular flexibility index (Phi) is 7.86. The van der Waals surface area contributed by atoms with E-state index in [1.165, 1.54) is 4.68 Å². The number of halogens is 3. The Balaban J connectivity index is 1.75. The number of hydrogen-bond acceptors (Lipinski definition) is 4. The molecule has 0 fully saturated rings. The fraction of sp³-hybridized carbons (Fsp3) is 0.192. The van der Waals surface area contributed by atoms with Crippen molar-refractivity contribution in [2.75, 3.05) is 0 Å². The number of benzene rings is 3. The van der Waals surface area contributed by atoms with E-state index in [0.717, 1.165) is 26.5 Å². The van der Waals surface area contributed by atoms with Gasteiger partial charge in [-0.2, -0.15) is 9.78 Å². The fourth-order valence-corrected chi connectivity index (χ4v) is 4.35. The van der Waals surface area contributed by atoms with E-state index in [4.69, 9.17) is 21.3 Å². The normalized spacial score (nSPS) is 12.4. The van der Waals surface area contributed by atoms with E-state index in [-0.39, 0.29) is 11.5 Å². The number of hydrogen-bond donors (Lipinski definition) is 0. The minimum atomic E-state index is -0.216. The SMILES string of the molecule is CC[C@H](C)c1nc2ccc(Br)cc2c(=O)n1N=Cc1cc(Br)ccc1OCc1ccccc1Cl. The molecule has 0 unspecified atom stereocenters. The third-order valence-corrected chi connectivity index (χ3v) is 6.87. The molecule has 0 aliphatic heterocycles. The van der Waals surface area contributed by atoms with Crippen molar-refractivity contribution in [1.29, 1.82) is 0 Å². The number of rotatable bonds is 7. The van der Waals surface area contributed by atoms with E-state index in [2.05, 4.69) is 43.9 Å². The number of nitrogens with zero attached hydrogens (tertiary/aromatic N) is 3. The van der Waals surface area contributed by atoms with Crippen molar-refractivity contribution in [3.8, 4) is 5.75 Å². The maximum atomic E-state index is 13.4. The average Bonchev–Trinajstić information content (AvgIpc) is 2.83. The molecule has 0 aliphatic rings. The molecule has 5 nitrogen and oxygen atoms in total. The first kappa shape index (κ1) is 24.6. The van der Waals surface area contributed by atoms with E-state index >= 15 is 0 Å². The van der Waals surface area contributed by atoms with Crippen LogP contribution in [0, 0.1) is 0 Å². The van der Waals surface area contributed by atoms with Crippen molar-refractivity contribution in [3.05, 3.63) is 102 Å². The largest absolute Gasteiger partial charge is 0.488 e. The predicted octanol–water partition coefficient (Wildman–Crippen LogP) is 7.55. The lowest BCUT2D eigenvalue weighted by Crippen LogP contribution is -2.23. The number of fused-ring (bicyclic) bond motifs is 1. The maximum Gasteiger partial charge on any atom is 0.282 e. The molecule has 34 heavy (non-hydrogen) atoms.